The van der Waals surface area contributed by atoms with Crippen LogP contribution in [-0.2, 0) is 19.0 Å². The first-order valence-electron chi connectivity index (χ1n) is 12.2. The lowest BCUT2D eigenvalue weighted by molar-refractivity contribution is -0.153. The van der Waals surface area contributed by atoms with E-state index in [1.807, 2.05) is 6.92 Å². The molecule has 0 aromatic carbocycles. The number of hydrogen-bond donors (Lipinski definition) is 0. The molecule has 0 amide bonds. The van der Waals surface area contributed by atoms with Gasteiger partial charge in [-0.3, -0.25) is 4.79 Å². The molecule has 1 rings (SSSR count). The fourth-order valence-corrected chi connectivity index (χ4v) is 3.54. The molecule has 0 radical (unpaired) electrons. The molecule has 0 saturated carbocycles. The normalized spacial score (nSPS) is 15.7. The SMILES string of the molecule is CCCCCCCCC=CCCCCCCCC(=O)OCC1(CC)COC(=O)OC1. The third-order valence-corrected chi connectivity index (χ3v) is 5.92. The monoisotopic (exact) mass is 424 g/mol. The second-order valence-corrected chi connectivity index (χ2v) is 8.68. The maximum Gasteiger partial charge on any atom is 0.508 e. The van der Waals surface area contributed by atoms with E-state index in [0.717, 1.165) is 19.3 Å². The van der Waals surface area contributed by atoms with Crippen molar-refractivity contribution in [3.05, 3.63) is 12.2 Å². The first-order chi connectivity index (χ1) is 14.6. The van der Waals surface area contributed by atoms with Crippen LogP contribution >= 0.6 is 0 Å². The minimum absolute atomic E-state index is 0.169. The molecule has 0 aromatic heterocycles. The Morgan fingerprint density at radius 3 is 1.97 bits per heavy atom. The summed E-state index contributed by atoms with van der Waals surface area (Å²) in [6, 6.07) is 0. The molecular weight excluding hydrogens is 380 g/mol. The molecule has 0 atom stereocenters. The number of rotatable bonds is 18. The van der Waals surface area contributed by atoms with Gasteiger partial charge in [-0.05, 0) is 38.5 Å². The Morgan fingerprint density at radius 1 is 0.867 bits per heavy atom. The van der Waals surface area contributed by atoms with Crippen molar-refractivity contribution in [2.24, 2.45) is 5.41 Å². The van der Waals surface area contributed by atoms with Crippen LogP contribution in [0.2, 0.25) is 0 Å². The minimum atomic E-state index is -0.640. The smallest absolute Gasteiger partial charge is 0.465 e. The highest BCUT2D eigenvalue weighted by atomic mass is 16.7. The van der Waals surface area contributed by atoms with E-state index >= 15 is 0 Å². The van der Waals surface area contributed by atoms with E-state index in [1.54, 1.807) is 0 Å². The number of cyclic esters (lactones) is 2. The summed E-state index contributed by atoms with van der Waals surface area (Å²) in [5, 5.41) is 0. The molecule has 0 aromatic rings. The molecule has 1 fully saturated rings. The van der Waals surface area contributed by atoms with E-state index in [1.165, 1.54) is 70.6 Å². The molecule has 30 heavy (non-hydrogen) atoms. The Morgan fingerprint density at radius 2 is 1.40 bits per heavy atom. The standard InChI is InChI=1S/C25H44O5/c1-3-5-6-7-8-9-10-11-12-13-14-15-16-17-18-19-23(26)28-20-25(4-2)21-29-24(27)30-22-25/h11-12H,3-10,13-22H2,1-2H3. The molecule has 0 spiro atoms. The molecule has 0 aliphatic carbocycles. The summed E-state index contributed by atoms with van der Waals surface area (Å²) >= 11 is 0. The van der Waals surface area contributed by atoms with Crippen molar-refractivity contribution in [1.82, 2.24) is 0 Å². The Bertz CT molecular complexity index is 476. The highest BCUT2D eigenvalue weighted by Crippen LogP contribution is 2.27. The van der Waals surface area contributed by atoms with Crippen LogP contribution < -0.4 is 0 Å². The van der Waals surface area contributed by atoms with Crippen molar-refractivity contribution in [2.75, 3.05) is 19.8 Å². The van der Waals surface area contributed by atoms with Gasteiger partial charge in [0, 0.05) is 6.42 Å². The molecule has 1 saturated heterocycles. The molecule has 1 heterocycles. The molecule has 174 valence electrons. The van der Waals surface area contributed by atoms with E-state index in [2.05, 4.69) is 19.1 Å². The molecule has 1 aliphatic rings. The van der Waals surface area contributed by atoms with Gasteiger partial charge in [-0.1, -0.05) is 77.4 Å². The zero-order valence-corrected chi connectivity index (χ0v) is 19.4. The summed E-state index contributed by atoms with van der Waals surface area (Å²) in [7, 11) is 0. The Labute approximate surface area is 183 Å². The molecule has 0 bridgehead atoms. The number of unbranched alkanes of at least 4 members (excludes halogenated alkanes) is 11. The number of hydrogen-bond acceptors (Lipinski definition) is 5. The summed E-state index contributed by atoms with van der Waals surface area (Å²) in [6.07, 6.45) is 21.4. The lowest BCUT2D eigenvalue weighted by atomic mass is 9.87. The average molecular weight is 425 g/mol. The Hall–Kier alpha value is -1.52. The van der Waals surface area contributed by atoms with Gasteiger partial charge in [0.25, 0.3) is 0 Å². The maximum absolute atomic E-state index is 12.0. The molecule has 0 N–H and O–H groups in total. The molecular formula is C25H44O5. The highest BCUT2D eigenvalue weighted by Gasteiger charge is 2.37. The van der Waals surface area contributed by atoms with Crippen LogP contribution in [0.15, 0.2) is 12.2 Å². The minimum Gasteiger partial charge on any atom is -0.465 e. The first-order valence-corrected chi connectivity index (χ1v) is 12.2. The van der Waals surface area contributed by atoms with Crippen molar-refractivity contribution < 1.29 is 23.8 Å². The van der Waals surface area contributed by atoms with Crippen LogP contribution in [0.4, 0.5) is 4.79 Å². The first kappa shape index (κ1) is 26.5. The van der Waals surface area contributed by atoms with Gasteiger partial charge in [-0.25, -0.2) is 4.79 Å². The number of esters is 1. The van der Waals surface area contributed by atoms with Crippen LogP contribution in [0.1, 0.15) is 110 Å². The van der Waals surface area contributed by atoms with E-state index in [0.29, 0.717) is 6.42 Å². The van der Waals surface area contributed by atoms with E-state index in [-0.39, 0.29) is 25.8 Å². The molecule has 1 aliphatic heterocycles. The topological polar surface area (TPSA) is 61.8 Å². The largest absolute Gasteiger partial charge is 0.508 e. The number of carbonyl (C=O) groups excluding carboxylic acids is 2. The highest BCUT2D eigenvalue weighted by molar-refractivity contribution is 5.69. The third kappa shape index (κ3) is 12.9. The summed E-state index contributed by atoms with van der Waals surface area (Å²) in [5.41, 5.74) is -0.397. The number of allylic oxidation sites excluding steroid dienone is 2. The van der Waals surface area contributed by atoms with Gasteiger partial charge < -0.3 is 14.2 Å². The van der Waals surface area contributed by atoms with Crippen LogP contribution in [0.5, 0.6) is 0 Å². The lowest BCUT2D eigenvalue weighted by Crippen LogP contribution is -2.42. The van der Waals surface area contributed by atoms with Crippen LogP contribution in [0.3, 0.4) is 0 Å². The lowest BCUT2D eigenvalue weighted by Gasteiger charge is -2.34. The zero-order valence-electron chi connectivity index (χ0n) is 19.4. The second kappa shape index (κ2) is 17.2. The predicted octanol–water partition coefficient (Wildman–Crippen LogP) is 7.13. The van der Waals surface area contributed by atoms with E-state index in [4.69, 9.17) is 14.2 Å². The van der Waals surface area contributed by atoms with Gasteiger partial charge in [0.2, 0.25) is 0 Å². The van der Waals surface area contributed by atoms with Crippen LogP contribution in [-0.4, -0.2) is 31.9 Å². The fraction of sp³-hybridized carbons (Fsp3) is 0.840. The Kier molecular flexibility index (Phi) is 15.2. The summed E-state index contributed by atoms with van der Waals surface area (Å²) in [6.45, 7) is 5.00. The van der Waals surface area contributed by atoms with Gasteiger partial charge in [0.1, 0.15) is 19.8 Å². The van der Waals surface area contributed by atoms with Gasteiger partial charge in [0.15, 0.2) is 0 Å². The van der Waals surface area contributed by atoms with Gasteiger partial charge in [0.05, 0.1) is 5.41 Å². The number of ether oxygens (including phenoxy) is 3. The van der Waals surface area contributed by atoms with Crippen molar-refractivity contribution >= 4 is 12.1 Å². The van der Waals surface area contributed by atoms with Gasteiger partial charge in [-0.15, -0.1) is 0 Å². The van der Waals surface area contributed by atoms with Crippen molar-refractivity contribution in [3.8, 4) is 0 Å². The molecule has 5 heteroatoms. The molecule has 0 unspecified atom stereocenters. The second-order valence-electron chi connectivity index (χ2n) is 8.68. The van der Waals surface area contributed by atoms with Crippen molar-refractivity contribution in [1.29, 1.82) is 0 Å². The summed E-state index contributed by atoms with van der Waals surface area (Å²) in [4.78, 5) is 23.0. The average Bonchev–Trinajstić information content (AvgIpc) is 2.76. The molecule has 5 nitrogen and oxygen atoms in total. The van der Waals surface area contributed by atoms with Gasteiger partial charge >= 0.3 is 12.1 Å². The number of carbonyl (C=O) groups is 2. The van der Waals surface area contributed by atoms with Gasteiger partial charge in [-0.2, -0.15) is 0 Å². The third-order valence-electron chi connectivity index (χ3n) is 5.92. The van der Waals surface area contributed by atoms with E-state index in [9.17, 15) is 9.59 Å². The van der Waals surface area contributed by atoms with Crippen LogP contribution in [0, 0.1) is 5.41 Å². The quantitative estimate of drug-likeness (QED) is 0.133. The zero-order chi connectivity index (χ0) is 21.9. The maximum atomic E-state index is 12.0. The van der Waals surface area contributed by atoms with E-state index < -0.39 is 11.6 Å². The summed E-state index contributed by atoms with van der Waals surface area (Å²) in [5.74, 6) is -0.169. The fourth-order valence-electron chi connectivity index (χ4n) is 3.54. The van der Waals surface area contributed by atoms with Crippen molar-refractivity contribution in [2.45, 2.75) is 110 Å². The predicted molar refractivity (Wildman–Crippen MR) is 120 cm³/mol. The summed E-state index contributed by atoms with van der Waals surface area (Å²) < 4.78 is 15.3. The Balaban J connectivity index is 1.91. The van der Waals surface area contributed by atoms with Crippen molar-refractivity contribution in [3.63, 3.8) is 0 Å². The van der Waals surface area contributed by atoms with Crippen LogP contribution in [0.25, 0.3) is 0 Å².